The minimum atomic E-state index is -0.463. The second-order valence-electron chi connectivity index (χ2n) is 6.75. The highest BCUT2D eigenvalue weighted by Crippen LogP contribution is 2.39. The smallest absolute Gasteiger partial charge is 0.0772 e. The summed E-state index contributed by atoms with van der Waals surface area (Å²) in [6.45, 7) is 8.14. The SMILES string of the molecule is CC1(C)CCC(O)(CNCC2CCOC2)CC1. The zero-order valence-electron chi connectivity index (χ0n) is 11.3. The van der Waals surface area contributed by atoms with Crippen LogP contribution in [0.15, 0.2) is 0 Å². The average molecular weight is 241 g/mol. The van der Waals surface area contributed by atoms with Gasteiger partial charge in [-0.05, 0) is 43.4 Å². The predicted octanol–water partition coefficient (Wildman–Crippen LogP) is 1.94. The van der Waals surface area contributed by atoms with Crippen LogP contribution >= 0.6 is 0 Å². The first-order chi connectivity index (χ1) is 7.99. The van der Waals surface area contributed by atoms with Gasteiger partial charge in [0, 0.05) is 19.7 Å². The lowest BCUT2D eigenvalue weighted by molar-refractivity contribution is -0.0247. The molecule has 1 aliphatic carbocycles. The molecule has 2 N–H and O–H groups in total. The van der Waals surface area contributed by atoms with Crippen molar-refractivity contribution in [2.45, 2.75) is 51.6 Å². The minimum absolute atomic E-state index is 0.422. The lowest BCUT2D eigenvalue weighted by Crippen LogP contribution is -2.46. The number of nitrogens with one attached hydrogen (secondary N) is 1. The van der Waals surface area contributed by atoms with Crippen molar-refractivity contribution >= 4 is 0 Å². The maximum absolute atomic E-state index is 10.5. The molecule has 3 heteroatoms. The first-order valence-corrected chi connectivity index (χ1v) is 7.00. The molecule has 0 spiro atoms. The normalized spacial score (nSPS) is 31.6. The molecule has 17 heavy (non-hydrogen) atoms. The van der Waals surface area contributed by atoms with Crippen LogP contribution in [0.3, 0.4) is 0 Å². The molecule has 1 saturated heterocycles. The van der Waals surface area contributed by atoms with Gasteiger partial charge in [0.05, 0.1) is 12.2 Å². The van der Waals surface area contributed by atoms with Crippen LogP contribution in [-0.2, 0) is 4.74 Å². The van der Waals surface area contributed by atoms with Gasteiger partial charge in [-0.1, -0.05) is 13.8 Å². The quantitative estimate of drug-likeness (QED) is 0.790. The monoisotopic (exact) mass is 241 g/mol. The molecule has 0 amide bonds. The summed E-state index contributed by atoms with van der Waals surface area (Å²) in [6, 6.07) is 0. The Balaban J connectivity index is 1.67. The molecular weight excluding hydrogens is 214 g/mol. The van der Waals surface area contributed by atoms with Crippen molar-refractivity contribution in [1.29, 1.82) is 0 Å². The fraction of sp³-hybridized carbons (Fsp3) is 1.00. The second kappa shape index (κ2) is 5.25. The standard InChI is InChI=1S/C14H27NO2/c1-13(2)4-6-14(16,7-5-13)11-15-9-12-3-8-17-10-12/h12,15-16H,3-11H2,1-2H3. The van der Waals surface area contributed by atoms with E-state index in [0.717, 1.165) is 52.0 Å². The maximum Gasteiger partial charge on any atom is 0.0772 e. The molecule has 0 aromatic carbocycles. The Morgan fingerprint density at radius 2 is 1.94 bits per heavy atom. The topological polar surface area (TPSA) is 41.5 Å². The predicted molar refractivity (Wildman–Crippen MR) is 69.0 cm³/mol. The van der Waals surface area contributed by atoms with E-state index in [1.807, 2.05) is 0 Å². The van der Waals surface area contributed by atoms with Crippen molar-refractivity contribution < 1.29 is 9.84 Å². The summed E-state index contributed by atoms with van der Waals surface area (Å²) in [5.74, 6) is 0.652. The Morgan fingerprint density at radius 3 is 2.53 bits per heavy atom. The van der Waals surface area contributed by atoms with E-state index >= 15 is 0 Å². The first kappa shape index (κ1) is 13.3. The van der Waals surface area contributed by atoms with Gasteiger partial charge in [-0.3, -0.25) is 0 Å². The lowest BCUT2D eigenvalue weighted by atomic mass is 9.71. The summed E-state index contributed by atoms with van der Waals surface area (Å²) >= 11 is 0. The van der Waals surface area contributed by atoms with Gasteiger partial charge in [0.25, 0.3) is 0 Å². The Morgan fingerprint density at radius 1 is 1.24 bits per heavy atom. The molecule has 2 fully saturated rings. The molecule has 1 aliphatic heterocycles. The summed E-state index contributed by atoms with van der Waals surface area (Å²) in [5.41, 5.74) is -0.0412. The van der Waals surface area contributed by atoms with Crippen molar-refractivity contribution in [1.82, 2.24) is 5.32 Å². The van der Waals surface area contributed by atoms with Gasteiger partial charge < -0.3 is 15.2 Å². The highest BCUT2D eigenvalue weighted by atomic mass is 16.5. The molecule has 0 aromatic heterocycles. The molecular formula is C14H27NO2. The van der Waals surface area contributed by atoms with Crippen molar-refractivity contribution in [2.24, 2.45) is 11.3 Å². The van der Waals surface area contributed by atoms with Crippen LogP contribution in [0.25, 0.3) is 0 Å². The van der Waals surface area contributed by atoms with Gasteiger partial charge in [-0.2, -0.15) is 0 Å². The summed E-state index contributed by atoms with van der Waals surface area (Å²) in [7, 11) is 0. The van der Waals surface area contributed by atoms with E-state index in [4.69, 9.17) is 4.74 Å². The molecule has 2 aliphatic rings. The Hall–Kier alpha value is -0.120. The van der Waals surface area contributed by atoms with Gasteiger partial charge >= 0.3 is 0 Å². The van der Waals surface area contributed by atoms with Crippen LogP contribution in [0.4, 0.5) is 0 Å². The van der Waals surface area contributed by atoms with Gasteiger partial charge in [0.15, 0.2) is 0 Å². The zero-order chi connectivity index (χ0) is 12.4. The molecule has 0 aromatic rings. The van der Waals surface area contributed by atoms with Gasteiger partial charge in [0.1, 0.15) is 0 Å². The third kappa shape index (κ3) is 3.94. The van der Waals surface area contributed by atoms with E-state index in [2.05, 4.69) is 19.2 Å². The molecule has 1 atom stereocenters. The van der Waals surface area contributed by atoms with Gasteiger partial charge in [0.2, 0.25) is 0 Å². The van der Waals surface area contributed by atoms with Crippen LogP contribution < -0.4 is 5.32 Å². The molecule has 1 saturated carbocycles. The third-order valence-electron chi connectivity index (χ3n) is 4.45. The number of hydrogen-bond donors (Lipinski definition) is 2. The fourth-order valence-electron chi connectivity index (χ4n) is 2.82. The van der Waals surface area contributed by atoms with Crippen LogP contribution in [0.5, 0.6) is 0 Å². The van der Waals surface area contributed by atoms with Gasteiger partial charge in [-0.15, -0.1) is 0 Å². The van der Waals surface area contributed by atoms with E-state index in [1.54, 1.807) is 0 Å². The minimum Gasteiger partial charge on any atom is -0.389 e. The van der Waals surface area contributed by atoms with Crippen molar-refractivity contribution in [3.8, 4) is 0 Å². The summed E-state index contributed by atoms with van der Waals surface area (Å²) in [4.78, 5) is 0. The van der Waals surface area contributed by atoms with Gasteiger partial charge in [-0.25, -0.2) is 0 Å². The molecule has 100 valence electrons. The van der Waals surface area contributed by atoms with E-state index in [-0.39, 0.29) is 0 Å². The van der Waals surface area contributed by atoms with E-state index in [1.165, 1.54) is 6.42 Å². The second-order valence-corrected chi connectivity index (χ2v) is 6.75. The zero-order valence-corrected chi connectivity index (χ0v) is 11.3. The number of ether oxygens (including phenoxy) is 1. The van der Waals surface area contributed by atoms with Crippen LogP contribution in [0.1, 0.15) is 46.0 Å². The largest absolute Gasteiger partial charge is 0.389 e. The fourth-order valence-corrected chi connectivity index (χ4v) is 2.82. The number of aliphatic hydroxyl groups is 1. The highest BCUT2D eigenvalue weighted by Gasteiger charge is 2.36. The Bertz CT molecular complexity index is 237. The highest BCUT2D eigenvalue weighted by molar-refractivity contribution is 4.90. The molecule has 1 unspecified atom stereocenters. The van der Waals surface area contributed by atoms with E-state index in [0.29, 0.717) is 11.3 Å². The summed E-state index contributed by atoms with van der Waals surface area (Å²) in [6.07, 6.45) is 5.32. The van der Waals surface area contributed by atoms with Crippen LogP contribution in [0, 0.1) is 11.3 Å². The van der Waals surface area contributed by atoms with Crippen LogP contribution in [0.2, 0.25) is 0 Å². The number of hydrogen-bond acceptors (Lipinski definition) is 3. The number of rotatable bonds is 4. The Kier molecular flexibility index (Phi) is 4.11. The van der Waals surface area contributed by atoms with Crippen molar-refractivity contribution in [2.75, 3.05) is 26.3 Å². The average Bonchev–Trinajstić information content (AvgIpc) is 2.77. The van der Waals surface area contributed by atoms with Crippen molar-refractivity contribution in [3.05, 3.63) is 0 Å². The van der Waals surface area contributed by atoms with E-state index in [9.17, 15) is 5.11 Å². The Labute approximate surface area is 105 Å². The third-order valence-corrected chi connectivity index (χ3v) is 4.45. The summed E-state index contributed by atoms with van der Waals surface area (Å²) < 4.78 is 5.35. The summed E-state index contributed by atoms with van der Waals surface area (Å²) in [5, 5.41) is 13.9. The van der Waals surface area contributed by atoms with E-state index < -0.39 is 5.60 Å². The molecule has 1 heterocycles. The molecule has 0 bridgehead atoms. The molecule has 3 nitrogen and oxygen atoms in total. The maximum atomic E-state index is 10.5. The van der Waals surface area contributed by atoms with Crippen molar-refractivity contribution in [3.63, 3.8) is 0 Å². The lowest BCUT2D eigenvalue weighted by Gasteiger charge is -2.40. The first-order valence-electron chi connectivity index (χ1n) is 7.00. The molecule has 0 radical (unpaired) electrons. The van der Waals surface area contributed by atoms with Crippen LogP contribution in [-0.4, -0.2) is 37.0 Å². The molecule has 2 rings (SSSR count).